The molecule has 2 N–H and O–H groups in total. The average molecular weight is 304 g/mol. The number of thiazole rings is 1. The summed E-state index contributed by atoms with van der Waals surface area (Å²) >= 11 is 1.79. The fourth-order valence-electron chi connectivity index (χ4n) is 2.74. The highest BCUT2D eigenvalue weighted by Crippen LogP contribution is 2.34. The van der Waals surface area contributed by atoms with Crippen LogP contribution in [-0.4, -0.2) is 19.2 Å². The quantitative estimate of drug-likeness (QED) is 0.943. The lowest BCUT2D eigenvalue weighted by molar-refractivity contribution is 0.354. The van der Waals surface area contributed by atoms with Gasteiger partial charge >= 0.3 is 0 Å². The molecule has 2 aromatic rings. The Labute approximate surface area is 128 Å². The number of hydrogen-bond donors (Lipinski definition) is 1. The molecule has 112 valence electrons. The van der Waals surface area contributed by atoms with Crippen molar-refractivity contribution in [3.63, 3.8) is 0 Å². The zero-order valence-electron chi connectivity index (χ0n) is 12.4. The van der Waals surface area contributed by atoms with E-state index in [-0.39, 0.29) is 6.04 Å². The molecule has 4 nitrogen and oxygen atoms in total. The lowest BCUT2D eigenvalue weighted by Crippen LogP contribution is -2.16. The van der Waals surface area contributed by atoms with Crippen molar-refractivity contribution in [2.45, 2.75) is 31.7 Å². The molecule has 1 heterocycles. The van der Waals surface area contributed by atoms with E-state index >= 15 is 0 Å². The Morgan fingerprint density at radius 2 is 2.10 bits per heavy atom. The van der Waals surface area contributed by atoms with Crippen molar-refractivity contribution in [2.75, 3.05) is 14.2 Å². The number of methoxy groups -OCH3 is 2. The zero-order chi connectivity index (χ0) is 14.8. The minimum atomic E-state index is 0.115. The Hall–Kier alpha value is -1.59. The van der Waals surface area contributed by atoms with Gasteiger partial charge in [-0.3, -0.25) is 0 Å². The average Bonchev–Trinajstić information content (AvgIpc) is 2.91. The van der Waals surface area contributed by atoms with Crippen LogP contribution in [0.15, 0.2) is 18.2 Å². The van der Waals surface area contributed by atoms with Crippen molar-refractivity contribution in [2.24, 2.45) is 5.73 Å². The molecule has 0 saturated heterocycles. The molecule has 1 aliphatic rings. The van der Waals surface area contributed by atoms with E-state index < -0.39 is 0 Å². The lowest BCUT2D eigenvalue weighted by Gasteiger charge is -2.15. The van der Waals surface area contributed by atoms with E-state index in [2.05, 4.69) is 6.07 Å². The van der Waals surface area contributed by atoms with E-state index in [4.69, 9.17) is 20.2 Å². The summed E-state index contributed by atoms with van der Waals surface area (Å²) in [4.78, 5) is 6.11. The molecule has 0 spiro atoms. The fourth-order valence-corrected chi connectivity index (χ4v) is 3.96. The van der Waals surface area contributed by atoms with E-state index in [1.165, 1.54) is 16.9 Å². The molecule has 1 aromatic carbocycles. The smallest absolute Gasteiger partial charge is 0.160 e. The maximum absolute atomic E-state index is 6.14. The molecule has 21 heavy (non-hydrogen) atoms. The van der Waals surface area contributed by atoms with E-state index in [9.17, 15) is 0 Å². The first-order valence-corrected chi connectivity index (χ1v) is 7.98. The highest BCUT2D eigenvalue weighted by atomic mass is 32.1. The van der Waals surface area contributed by atoms with Crippen LogP contribution in [0.3, 0.4) is 0 Å². The molecule has 0 aliphatic heterocycles. The van der Waals surface area contributed by atoms with Crippen LogP contribution in [0.5, 0.6) is 11.5 Å². The highest BCUT2D eigenvalue weighted by molar-refractivity contribution is 7.11. The maximum atomic E-state index is 6.14. The van der Waals surface area contributed by atoms with Gasteiger partial charge < -0.3 is 15.2 Å². The summed E-state index contributed by atoms with van der Waals surface area (Å²) in [5.74, 6) is 1.51. The second-order valence-corrected chi connectivity index (χ2v) is 6.45. The molecule has 1 atom stereocenters. The molecular weight excluding hydrogens is 284 g/mol. The Balaban J connectivity index is 1.84. The van der Waals surface area contributed by atoms with Crippen LogP contribution in [0.25, 0.3) is 0 Å². The summed E-state index contributed by atoms with van der Waals surface area (Å²) in [7, 11) is 3.30. The molecule has 3 rings (SSSR count). The first kappa shape index (κ1) is 14.4. The predicted molar refractivity (Wildman–Crippen MR) is 84.3 cm³/mol. The summed E-state index contributed by atoms with van der Waals surface area (Å²) in [5.41, 5.74) is 8.43. The first-order valence-electron chi connectivity index (χ1n) is 7.16. The molecule has 1 aliphatic carbocycles. The molecule has 0 saturated carbocycles. The molecule has 0 bridgehead atoms. The molecule has 1 unspecified atom stereocenters. The molecule has 1 aromatic heterocycles. The summed E-state index contributed by atoms with van der Waals surface area (Å²) < 4.78 is 10.6. The third kappa shape index (κ3) is 2.89. The largest absolute Gasteiger partial charge is 0.493 e. The second kappa shape index (κ2) is 6.03. The van der Waals surface area contributed by atoms with E-state index in [0.717, 1.165) is 41.5 Å². The number of nitrogens with two attached hydrogens (primary N) is 1. The van der Waals surface area contributed by atoms with Crippen molar-refractivity contribution >= 4 is 11.3 Å². The first-order chi connectivity index (χ1) is 10.2. The number of aryl methyl sites for hydroxylation is 1. The van der Waals surface area contributed by atoms with Crippen molar-refractivity contribution < 1.29 is 9.47 Å². The van der Waals surface area contributed by atoms with Gasteiger partial charge in [-0.15, -0.1) is 11.3 Å². The SMILES string of the molecule is COc1ccc(Cc2nc3c(s2)CCCC3N)cc1OC. The van der Waals surface area contributed by atoms with Crippen molar-refractivity contribution in [3.05, 3.63) is 39.3 Å². The van der Waals surface area contributed by atoms with Crippen LogP contribution < -0.4 is 15.2 Å². The Morgan fingerprint density at radius 1 is 1.29 bits per heavy atom. The number of aromatic nitrogens is 1. The van der Waals surface area contributed by atoms with Crippen molar-refractivity contribution in [1.82, 2.24) is 4.98 Å². The van der Waals surface area contributed by atoms with Gasteiger partial charge in [-0.1, -0.05) is 6.07 Å². The zero-order valence-corrected chi connectivity index (χ0v) is 13.2. The van der Waals surface area contributed by atoms with Gasteiger partial charge in [0.25, 0.3) is 0 Å². The molecule has 0 radical (unpaired) electrons. The number of hydrogen-bond acceptors (Lipinski definition) is 5. The summed E-state index contributed by atoms with van der Waals surface area (Å²) in [6, 6.07) is 6.12. The van der Waals surface area contributed by atoms with Crippen LogP contribution in [0, 0.1) is 0 Å². The second-order valence-electron chi connectivity index (χ2n) is 5.28. The highest BCUT2D eigenvalue weighted by Gasteiger charge is 2.21. The van der Waals surface area contributed by atoms with Crippen LogP contribution >= 0.6 is 11.3 Å². The Kier molecular flexibility index (Phi) is 4.12. The summed E-state index contributed by atoms with van der Waals surface area (Å²) in [6.07, 6.45) is 4.15. The standard InChI is InChI=1S/C16H20N2O2S/c1-19-12-7-6-10(8-13(12)20-2)9-15-18-16-11(17)4-3-5-14(16)21-15/h6-8,11H,3-5,9,17H2,1-2H3. The molecule has 0 fully saturated rings. The van der Waals surface area contributed by atoms with Crippen LogP contribution in [-0.2, 0) is 12.8 Å². The normalized spacial score (nSPS) is 17.4. The van der Waals surface area contributed by atoms with Crippen LogP contribution in [0.1, 0.15) is 40.0 Å². The maximum Gasteiger partial charge on any atom is 0.160 e. The number of benzene rings is 1. The molecular formula is C16H20N2O2S. The van der Waals surface area contributed by atoms with Crippen LogP contribution in [0.2, 0.25) is 0 Å². The van der Waals surface area contributed by atoms with Gasteiger partial charge in [-0.2, -0.15) is 0 Å². The van der Waals surface area contributed by atoms with Gasteiger partial charge in [-0.05, 0) is 37.0 Å². The summed E-state index contributed by atoms with van der Waals surface area (Å²) in [5, 5.41) is 1.13. The number of ether oxygens (including phenoxy) is 2. The van der Waals surface area contributed by atoms with Gasteiger partial charge in [0.05, 0.1) is 24.9 Å². The van der Waals surface area contributed by atoms with Crippen molar-refractivity contribution in [1.29, 1.82) is 0 Å². The topological polar surface area (TPSA) is 57.4 Å². The Bertz CT molecular complexity index is 639. The number of fused-ring (bicyclic) bond motifs is 1. The monoisotopic (exact) mass is 304 g/mol. The number of rotatable bonds is 4. The Morgan fingerprint density at radius 3 is 2.81 bits per heavy atom. The van der Waals surface area contributed by atoms with E-state index in [1.54, 1.807) is 25.6 Å². The number of nitrogens with zero attached hydrogens (tertiary/aromatic N) is 1. The third-order valence-corrected chi connectivity index (χ3v) is 4.98. The van der Waals surface area contributed by atoms with Crippen molar-refractivity contribution in [3.8, 4) is 11.5 Å². The van der Waals surface area contributed by atoms with Gasteiger partial charge in [0.15, 0.2) is 11.5 Å². The lowest BCUT2D eigenvalue weighted by atomic mass is 9.99. The fraction of sp³-hybridized carbons (Fsp3) is 0.438. The predicted octanol–water partition coefficient (Wildman–Crippen LogP) is 3.09. The molecule has 5 heteroatoms. The van der Waals surface area contributed by atoms with Gasteiger partial charge in [0.2, 0.25) is 0 Å². The van der Waals surface area contributed by atoms with Gasteiger partial charge in [0.1, 0.15) is 0 Å². The molecule has 0 amide bonds. The van der Waals surface area contributed by atoms with E-state index in [0.29, 0.717) is 0 Å². The van der Waals surface area contributed by atoms with Gasteiger partial charge in [0, 0.05) is 17.3 Å². The van der Waals surface area contributed by atoms with E-state index in [1.807, 2.05) is 12.1 Å². The third-order valence-electron chi connectivity index (χ3n) is 3.85. The minimum Gasteiger partial charge on any atom is -0.493 e. The summed E-state index contributed by atoms with van der Waals surface area (Å²) in [6.45, 7) is 0. The van der Waals surface area contributed by atoms with Gasteiger partial charge in [-0.25, -0.2) is 4.98 Å². The minimum absolute atomic E-state index is 0.115. The van der Waals surface area contributed by atoms with Crippen LogP contribution in [0.4, 0.5) is 0 Å².